The number of aromatic amines is 1. The molecule has 0 saturated heterocycles. The van der Waals surface area contributed by atoms with E-state index in [0.717, 1.165) is 52.7 Å². The third-order valence-corrected chi connectivity index (χ3v) is 5.67. The zero-order valence-electron chi connectivity index (χ0n) is 16.4. The molecule has 1 atom stereocenters. The number of pyridine rings is 2. The fraction of sp³-hybridized carbons (Fsp3) is 0.160. The minimum atomic E-state index is -0.130. The fourth-order valence-electron chi connectivity index (χ4n) is 4.21. The van der Waals surface area contributed by atoms with Gasteiger partial charge in [-0.05, 0) is 43.0 Å². The van der Waals surface area contributed by atoms with Gasteiger partial charge in [-0.1, -0.05) is 48.5 Å². The summed E-state index contributed by atoms with van der Waals surface area (Å²) in [5.41, 5.74) is 4.95. The molecule has 5 nitrogen and oxygen atoms in total. The van der Waals surface area contributed by atoms with Crippen LogP contribution in [0, 0.1) is 0 Å². The van der Waals surface area contributed by atoms with Crippen LogP contribution in [0.25, 0.3) is 22.2 Å². The number of nitrogens with zero attached hydrogens (tertiary/aromatic N) is 1. The van der Waals surface area contributed by atoms with Crippen LogP contribution in [0.15, 0.2) is 77.6 Å². The molecule has 2 aromatic carbocycles. The van der Waals surface area contributed by atoms with Crippen LogP contribution in [-0.4, -0.2) is 15.9 Å². The van der Waals surface area contributed by atoms with Crippen molar-refractivity contribution in [3.05, 3.63) is 100.0 Å². The second-order valence-electron chi connectivity index (χ2n) is 7.61. The maximum atomic E-state index is 13.4. The minimum absolute atomic E-state index is 0.103. The van der Waals surface area contributed by atoms with Crippen LogP contribution < -0.4 is 10.9 Å². The Morgan fingerprint density at radius 1 is 1.00 bits per heavy atom. The molecule has 0 fully saturated rings. The Bertz CT molecular complexity index is 1290. The molecule has 4 aromatic rings. The van der Waals surface area contributed by atoms with E-state index in [4.69, 9.17) is 4.98 Å². The van der Waals surface area contributed by atoms with E-state index in [1.165, 1.54) is 6.07 Å². The minimum Gasteiger partial charge on any atom is -0.345 e. The Labute approximate surface area is 173 Å². The molecule has 1 amide bonds. The third-order valence-electron chi connectivity index (χ3n) is 5.67. The molecule has 1 aliphatic rings. The Hall–Kier alpha value is -3.73. The maximum absolute atomic E-state index is 13.4. The number of hydrogen-bond acceptors (Lipinski definition) is 3. The SMILES string of the molecule is O=C(NC1CCCc2[nH]c(=O)ccc21)c1cc(-c2ccccc2)nc2ccccc12. The van der Waals surface area contributed by atoms with Crippen LogP contribution in [0.2, 0.25) is 0 Å². The van der Waals surface area contributed by atoms with Crippen molar-refractivity contribution in [1.29, 1.82) is 0 Å². The van der Waals surface area contributed by atoms with Crippen LogP contribution in [0.4, 0.5) is 0 Å². The summed E-state index contributed by atoms with van der Waals surface area (Å²) in [6.07, 6.45) is 2.59. The lowest BCUT2D eigenvalue weighted by Crippen LogP contribution is -2.32. The quantitative estimate of drug-likeness (QED) is 0.540. The summed E-state index contributed by atoms with van der Waals surface area (Å²) in [4.78, 5) is 32.7. The number of carbonyl (C=O) groups is 1. The first-order chi connectivity index (χ1) is 14.7. The summed E-state index contributed by atoms with van der Waals surface area (Å²) < 4.78 is 0. The summed E-state index contributed by atoms with van der Waals surface area (Å²) in [6, 6.07) is 22.7. The molecule has 30 heavy (non-hydrogen) atoms. The molecule has 148 valence electrons. The third kappa shape index (κ3) is 3.39. The predicted octanol–water partition coefficient (Wildman–Crippen LogP) is 4.40. The number of hydrogen-bond donors (Lipinski definition) is 2. The Kier molecular flexibility index (Phi) is 4.64. The van der Waals surface area contributed by atoms with Crippen LogP contribution in [0.3, 0.4) is 0 Å². The largest absolute Gasteiger partial charge is 0.345 e. The van der Waals surface area contributed by atoms with Gasteiger partial charge in [-0.3, -0.25) is 9.59 Å². The van der Waals surface area contributed by atoms with Gasteiger partial charge in [0.1, 0.15) is 0 Å². The van der Waals surface area contributed by atoms with Crippen LogP contribution in [0.1, 0.15) is 40.5 Å². The molecule has 0 spiro atoms. The lowest BCUT2D eigenvalue weighted by molar-refractivity contribution is 0.0934. The highest BCUT2D eigenvalue weighted by molar-refractivity contribution is 6.07. The van der Waals surface area contributed by atoms with Crippen molar-refractivity contribution in [3.63, 3.8) is 0 Å². The van der Waals surface area contributed by atoms with Gasteiger partial charge < -0.3 is 10.3 Å². The van der Waals surface area contributed by atoms with E-state index in [2.05, 4.69) is 10.3 Å². The average molecular weight is 395 g/mol. The Balaban J connectivity index is 1.55. The van der Waals surface area contributed by atoms with E-state index in [0.29, 0.717) is 5.56 Å². The van der Waals surface area contributed by atoms with Crippen molar-refractivity contribution in [3.8, 4) is 11.3 Å². The fourth-order valence-corrected chi connectivity index (χ4v) is 4.21. The van der Waals surface area contributed by atoms with Crippen LogP contribution >= 0.6 is 0 Å². The second-order valence-corrected chi connectivity index (χ2v) is 7.61. The number of fused-ring (bicyclic) bond motifs is 2. The van der Waals surface area contributed by atoms with Crippen molar-refractivity contribution in [2.24, 2.45) is 0 Å². The first-order valence-electron chi connectivity index (χ1n) is 10.2. The number of benzene rings is 2. The number of aryl methyl sites for hydroxylation is 1. The van der Waals surface area contributed by atoms with Crippen LogP contribution in [0.5, 0.6) is 0 Å². The van der Waals surface area contributed by atoms with Gasteiger partial charge in [0.25, 0.3) is 5.91 Å². The summed E-state index contributed by atoms with van der Waals surface area (Å²) in [7, 11) is 0. The molecular formula is C25H21N3O2. The zero-order chi connectivity index (χ0) is 20.5. The summed E-state index contributed by atoms with van der Waals surface area (Å²) in [5, 5.41) is 4.02. The molecule has 5 heteroatoms. The second kappa shape index (κ2) is 7.59. The van der Waals surface area contributed by atoms with E-state index in [9.17, 15) is 9.59 Å². The van der Waals surface area contributed by atoms with E-state index in [1.807, 2.05) is 66.7 Å². The number of nitrogens with one attached hydrogen (secondary N) is 2. The molecule has 2 heterocycles. The van der Waals surface area contributed by atoms with Gasteiger partial charge in [0.15, 0.2) is 0 Å². The molecule has 2 aromatic heterocycles. The van der Waals surface area contributed by atoms with Crippen molar-refractivity contribution < 1.29 is 4.79 Å². The van der Waals surface area contributed by atoms with Crippen LogP contribution in [-0.2, 0) is 6.42 Å². The van der Waals surface area contributed by atoms with Gasteiger partial charge in [0, 0.05) is 22.7 Å². The lowest BCUT2D eigenvalue weighted by atomic mass is 9.91. The van der Waals surface area contributed by atoms with Crippen molar-refractivity contribution in [1.82, 2.24) is 15.3 Å². The zero-order valence-corrected chi connectivity index (χ0v) is 16.4. The first-order valence-corrected chi connectivity index (χ1v) is 10.2. The highest BCUT2D eigenvalue weighted by atomic mass is 16.1. The molecule has 0 aliphatic heterocycles. The molecule has 1 aliphatic carbocycles. The topological polar surface area (TPSA) is 74.8 Å². The molecular weight excluding hydrogens is 374 g/mol. The maximum Gasteiger partial charge on any atom is 0.252 e. The summed E-state index contributed by atoms with van der Waals surface area (Å²) in [5.74, 6) is -0.130. The standard InChI is InChI=1S/C25H21N3O2/c29-24-14-13-18-21(27-24)11-6-12-22(18)28-25(30)19-15-23(16-7-2-1-3-8-16)26-20-10-5-4-9-17(19)20/h1-5,7-10,13-15,22H,6,11-12H2,(H,27,29)(H,28,30). The highest BCUT2D eigenvalue weighted by Crippen LogP contribution is 2.29. The van der Waals surface area contributed by atoms with Gasteiger partial charge in [-0.15, -0.1) is 0 Å². The summed E-state index contributed by atoms with van der Waals surface area (Å²) >= 11 is 0. The monoisotopic (exact) mass is 395 g/mol. The molecule has 5 rings (SSSR count). The number of aromatic nitrogens is 2. The van der Waals surface area contributed by atoms with E-state index < -0.39 is 0 Å². The van der Waals surface area contributed by atoms with Gasteiger partial charge in [-0.25, -0.2) is 4.98 Å². The number of para-hydroxylation sites is 1. The molecule has 2 N–H and O–H groups in total. The molecule has 0 bridgehead atoms. The van der Waals surface area contributed by atoms with Gasteiger partial charge in [-0.2, -0.15) is 0 Å². The Morgan fingerprint density at radius 2 is 1.80 bits per heavy atom. The van der Waals surface area contributed by atoms with E-state index >= 15 is 0 Å². The first kappa shape index (κ1) is 18.3. The number of amides is 1. The average Bonchev–Trinajstić information content (AvgIpc) is 2.79. The normalized spacial score (nSPS) is 15.5. The van der Waals surface area contributed by atoms with Gasteiger partial charge in [0.05, 0.1) is 22.8 Å². The highest BCUT2D eigenvalue weighted by Gasteiger charge is 2.24. The molecule has 0 saturated carbocycles. The molecule has 1 unspecified atom stereocenters. The van der Waals surface area contributed by atoms with Gasteiger partial charge >= 0.3 is 0 Å². The lowest BCUT2D eigenvalue weighted by Gasteiger charge is -2.26. The van der Waals surface area contributed by atoms with Crippen molar-refractivity contribution >= 4 is 16.8 Å². The van der Waals surface area contributed by atoms with E-state index in [1.54, 1.807) is 0 Å². The summed E-state index contributed by atoms with van der Waals surface area (Å²) in [6.45, 7) is 0. The molecule has 0 radical (unpaired) electrons. The number of H-pyrrole nitrogens is 1. The number of rotatable bonds is 3. The van der Waals surface area contributed by atoms with Crippen molar-refractivity contribution in [2.75, 3.05) is 0 Å². The number of carbonyl (C=O) groups excluding carboxylic acids is 1. The van der Waals surface area contributed by atoms with Gasteiger partial charge in [0.2, 0.25) is 5.56 Å². The predicted molar refractivity (Wildman–Crippen MR) is 117 cm³/mol. The van der Waals surface area contributed by atoms with Crippen molar-refractivity contribution in [2.45, 2.75) is 25.3 Å². The smallest absolute Gasteiger partial charge is 0.252 e. The van der Waals surface area contributed by atoms with E-state index in [-0.39, 0.29) is 17.5 Å². The Morgan fingerprint density at radius 3 is 2.67 bits per heavy atom.